The Bertz CT molecular complexity index is 620. The fourth-order valence-electron chi connectivity index (χ4n) is 2.49. The second-order valence-corrected chi connectivity index (χ2v) is 8.06. The lowest BCUT2D eigenvalue weighted by Gasteiger charge is -2.27. The minimum Gasteiger partial charge on any atom is -0.478 e. The molecule has 1 heterocycles. The summed E-state index contributed by atoms with van der Waals surface area (Å²) in [4.78, 5) is 11.5. The zero-order valence-corrected chi connectivity index (χ0v) is 12.5. The Labute approximate surface area is 117 Å². The maximum Gasteiger partial charge on any atom is 0.335 e. The second-order valence-electron chi connectivity index (χ2n) is 4.51. The van der Waals surface area contributed by atoms with E-state index in [1.54, 1.807) is 18.7 Å². The molecule has 4 nitrogen and oxygen atoms in total. The molecule has 0 saturated heterocycles. The van der Waals surface area contributed by atoms with Crippen LogP contribution in [-0.4, -0.2) is 31.0 Å². The first-order valence-corrected chi connectivity index (χ1v) is 8.79. The maximum atomic E-state index is 12.1. The van der Waals surface area contributed by atoms with Gasteiger partial charge in [-0.25, -0.2) is 13.2 Å². The van der Waals surface area contributed by atoms with Gasteiger partial charge >= 0.3 is 5.97 Å². The summed E-state index contributed by atoms with van der Waals surface area (Å²) in [7, 11) is -3.26. The van der Waals surface area contributed by atoms with Crippen molar-refractivity contribution in [3.8, 4) is 0 Å². The van der Waals surface area contributed by atoms with Crippen LogP contribution >= 0.6 is 11.8 Å². The Kier molecular flexibility index (Phi) is 3.92. The van der Waals surface area contributed by atoms with Crippen LogP contribution in [0.15, 0.2) is 17.0 Å². The SMILES string of the molecule is CCSC1CCS(=O)(=O)c2ccc(C(=O)O)c(C)c21. The van der Waals surface area contributed by atoms with Gasteiger partial charge in [0.25, 0.3) is 0 Å². The molecule has 0 saturated carbocycles. The van der Waals surface area contributed by atoms with Gasteiger partial charge in [-0.15, -0.1) is 0 Å². The van der Waals surface area contributed by atoms with E-state index in [1.807, 2.05) is 6.92 Å². The highest BCUT2D eigenvalue weighted by atomic mass is 32.2. The molecular weight excluding hydrogens is 284 g/mol. The van der Waals surface area contributed by atoms with E-state index in [0.717, 1.165) is 5.75 Å². The van der Waals surface area contributed by atoms with Crippen LogP contribution in [0.25, 0.3) is 0 Å². The highest BCUT2D eigenvalue weighted by Crippen LogP contribution is 2.43. The van der Waals surface area contributed by atoms with Crippen LogP contribution in [0.4, 0.5) is 0 Å². The number of carbonyl (C=O) groups is 1. The summed E-state index contributed by atoms with van der Waals surface area (Å²) in [5.74, 6) is 0.00764. The predicted molar refractivity (Wildman–Crippen MR) is 75.7 cm³/mol. The van der Waals surface area contributed by atoms with Gasteiger partial charge in [0.2, 0.25) is 0 Å². The fraction of sp³-hybridized carbons (Fsp3) is 0.462. The lowest BCUT2D eigenvalue weighted by molar-refractivity contribution is 0.0696. The molecule has 0 amide bonds. The number of hydrogen-bond donors (Lipinski definition) is 1. The average Bonchev–Trinajstić information content (AvgIpc) is 2.33. The van der Waals surface area contributed by atoms with Gasteiger partial charge in [0.1, 0.15) is 0 Å². The summed E-state index contributed by atoms with van der Waals surface area (Å²) >= 11 is 1.67. The van der Waals surface area contributed by atoms with E-state index >= 15 is 0 Å². The molecule has 104 valence electrons. The van der Waals surface area contributed by atoms with Crippen molar-refractivity contribution in [3.05, 3.63) is 28.8 Å². The summed E-state index contributed by atoms with van der Waals surface area (Å²) in [6.45, 7) is 3.72. The van der Waals surface area contributed by atoms with E-state index in [4.69, 9.17) is 5.11 Å². The van der Waals surface area contributed by atoms with Gasteiger partial charge < -0.3 is 5.11 Å². The largest absolute Gasteiger partial charge is 0.478 e. The molecule has 1 aromatic carbocycles. The lowest BCUT2D eigenvalue weighted by Crippen LogP contribution is -2.21. The molecule has 6 heteroatoms. The van der Waals surface area contributed by atoms with Crippen molar-refractivity contribution in [2.45, 2.75) is 30.4 Å². The molecule has 0 bridgehead atoms. The number of benzene rings is 1. The third-order valence-electron chi connectivity index (χ3n) is 3.38. The van der Waals surface area contributed by atoms with E-state index < -0.39 is 15.8 Å². The van der Waals surface area contributed by atoms with Crippen LogP contribution in [0.3, 0.4) is 0 Å². The number of thioether (sulfide) groups is 1. The third-order valence-corrected chi connectivity index (χ3v) is 6.39. The molecule has 1 aromatic rings. The Hall–Kier alpha value is -1.01. The van der Waals surface area contributed by atoms with Gasteiger partial charge in [0.05, 0.1) is 16.2 Å². The number of fused-ring (bicyclic) bond motifs is 1. The molecule has 1 aliphatic rings. The Morgan fingerprint density at radius 1 is 1.47 bits per heavy atom. The number of hydrogen-bond acceptors (Lipinski definition) is 4. The normalized spacial score (nSPS) is 20.8. The van der Waals surface area contributed by atoms with E-state index in [1.165, 1.54) is 12.1 Å². The zero-order valence-electron chi connectivity index (χ0n) is 10.8. The monoisotopic (exact) mass is 300 g/mol. The van der Waals surface area contributed by atoms with Gasteiger partial charge in [-0.2, -0.15) is 11.8 Å². The molecule has 2 rings (SSSR count). The number of carboxylic acid groups (broad SMARTS) is 1. The summed E-state index contributed by atoms with van der Waals surface area (Å²) in [6, 6.07) is 2.84. The van der Waals surface area contributed by atoms with Crippen molar-refractivity contribution in [2.24, 2.45) is 0 Å². The van der Waals surface area contributed by atoms with Crippen molar-refractivity contribution in [3.63, 3.8) is 0 Å². The van der Waals surface area contributed by atoms with Gasteiger partial charge in [0, 0.05) is 5.25 Å². The fourth-order valence-corrected chi connectivity index (χ4v) is 5.54. The second kappa shape index (κ2) is 5.17. The minimum atomic E-state index is -3.26. The number of rotatable bonds is 3. The summed E-state index contributed by atoms with van der Waals surface area (Å²) in [6.07, 6.45) is 0.553. The van der Waals surface area contributed by atoms with Crippen molar-refractivity contribution in [2.75, 3.05) is 11.5 Å². The van der Waals surface area contributed by atoms with E-state index in [9.17, 15) is 13.2 Å². The molecule has 0 fully saturated rings. The van der Waals surface area contributed by atoms with Crippen molar-refractivity contribution >= 4 is 27.6 Å². The quantitative estimate of drug-likeness (QED) is 0.929. The number of aromatic carboxylic acids is 1. The van der Waals surface area contributed by atoms with Gasteiger partial charge in [-0.05, 0) is 42.4 Å². The van der Waals surface area contributed by atoms with E-state index in [2.05, 4.69) is 0 Å². The van der Waals surface area contributed by atoms with Crippen LogP contribution in [0, 0.1) is 6.92 Å². The van der Waals surface area contributed by atoms with Crippen LogP contribution in [0.2, 0.25) is 0 Å². The first-order valence-electron chi connectivity index (χ1n) is 6.09. The Balaban J connectivity index is 2.69. The molecular formula is C13H16O4S2. The van der Waals surface area contributed by atoms with Gasteiger partial charge in [-0.1, -0.05) is 6.92 Å². The molecule has 0 spiro atoms. The van der Waals surface area contributed by atoms with Crippen molar-refractivity contribution in [1.29, 1.82) is 0 Å². The van der Waals surface area contributed by atoms with E-state index in [-0.39, 0.29) is 16.6 Å². The van der Waals surface area contributed by atoms with E-state index in [0.29, 0.717) is 22.4 Å². The summed E-state index contributed by atoms with van der Waals surface area (Å²) in [5.41, 5.74) is 1.47. The molecule has 0 radical (unpaired) electrons. The highest BCUT2D eigenvalue weighted by Gasteiger charge is 2.33. The van der Waals surface area contributed by atoms with Crippen molar-refractivity contribution in [1.82, 2.24) is 0 Å². The maximum absolute atomic E-state index is 12.1. The van der Waals surface area contributed by atoms with Crippen LogP contribution in [0.5, 0.6) is 0 Å². The van der Waals surface area contributed by atoms with Crippen LogP contribution in [-0.2, 0) is 9.84 Å². The molecule has 1 N–H and O–H groups in total. The molecule has 0 aliphatic carbocycles. The van der Waals surface area contributed by atoms with Gasteiger partial charge in [-0.3, -0.25) is 0 Å². The summed E-state index contributed by atoms with van der Waals surface area (Å²) < 4.78 is 24.2. The molecule has 1 aliphatic heterocycles. The molecule has 0 aromatic heterocycles. The zero-order chi connectivity index (χ0) is 14.2. The molecule has 19 heavy (non-hydrogen) atoms. The van der Waals surface area contributed by atoms with Crippen molar-refractivity contribution < 1.29 is 18.3 Å². The Morgan fingerprint density at radius 2 is 2.16 bits per heavy atom. The van der Waals surface area contributed by atoms with Crippen LogP contribution < -0.4 is 0 Å². The average molecular weight is 300 g/mol. The summed E-state index contributed by atoms with van der Waals surface area (Å²) in [5, 5.41) is 9.23. The highest BCUT2D eigenvalue weighted by molar-refractivity contribution is 7.99. The lowest BCUT2D eigenvalue weighted by atomic mass is 9.98. The number of sulfone groups is 1. The number of carboxylic acids is 1. The third kappa shape index (κ3) is 2.51. The first-order chi connectivity index (χ1) is 8.88. The first kappa shape index (κ1) is 14.4. The Morgan fingerprint density at radius 3 is 2.74 bits per heavy atom. The predicted octanol–water partition coefficient (Wildman–Crippen LogP) is 2.66. The smallest absolute Gasteiger partial charge is 0.335 e. The van der Waals surface area contributed by atoms with Crippen LogP contribution in [0.1, 0.15) is 40.1 Å². The van der Waals surface area contributed by atoms with Gasteiger partial charge in [0.15, 0.2) is 9.84 Å². The molecule has 1 atom stereocenters. The molecule has 1 unspecified atom stereocenters. The topological polar surface area (TPSA) is 71.4 Å². The standard InChI is InChI=1S/C13H16O4S2/c1-3-18-10-6-7-19(16,17)11-5-4-9(13(14)15)8(2)12(10)11/h4-5,10H,3,6-7H2,1-2H3,(H,14,15). The minimum absolute atomic E-state index is 0.0721.